The average molecular weight is 274 g/mol. The molecule has 0 saturated carbocycles. The topological polar surface area (TPSA) is 118 Å². The van der Waals surface area contributed by atoms with Crippen LogP contribution in [0.5, 0.6) is 0 Å². The summed E-state index contributed by atoms with van der Waals surface area (Å²) >= 11 is 0. The molecule has 1 heterocycles. The van der Waals surface area contributed by atoms with Gasteiger partial charge in [-0.1, -0.05) is 30.3 Å². The van der Waals surface area contributed by atoms with Crippen molar-refractivity contribution in [2.24, 2.45) is 0 Å². The van der Waals surface area contributed by atoms with Crippen LogP contribution in [-0.2, 0) is 11.3 Å². The zero-order chi connectivity index (χ0) is 14.7. The van der Waals surface area contributed by atoms with E-state index in [1.54, 1.807) is 30.3 Å². The van der Waals surface area contributed by atoms with E-state index >= 15 is 0 Å². The summed E-state index contributed by atoms with van der Waals surface area (Å²) in [5, 5.41) is 24.1. The number of aliphatic carboxylic acids is 1. The summed E-state index contributed by atoms with van der Waals surface area (Å²) < 4.78 is 0.920. The molecule has 0 spiro atoms. The minimum absolute atomic E-state index is 0.0916. The third kappa shape index (κ3) is 2.61. The zero-order valence-electron chi connectivity index (χ0n) is 10.3. The number of carbonyl (C=O) groups is 2. The van der Waals surface area contributed by atoms with Crippen LogP contribution in [0.25, 0.3) is 11.3 Å². The first-order chi connectivity index (χ1) is 9.50. The third-order valence-corrected chi connectivity index (χ3v) is 2.76. The number of aromatic carboxylic acids is 1. The highest BCUT2D eigenvalue weighted by Gasteiger charge is 2.16. The van der Waals surface area contributed by atoms with Gasteiger partial charge in [-0.3, -0.25) is 14.6 Å². The Hall–Kier alpha value is -2.83. The smallest absolute Gasteiger partial charge is 0.276 e. The van der Waals surface area contributed by atoms with Gasteiger partial charge >= 0.3 is 0 Å². The molecule has 0 fully saturated rings. The molecule has 1 aromatic heterocycles. The van der Waals surface area contributed by atoms with E-state index in [1.165, 1.54) is 0 Å². The fourth-order valence-corrected chi connectivity index (χ4v) is 1.85. The summed E-state index contributed by atoms with van der Waals surface area (Å²) in [5.74, 6) is -2.94. The van der Waals surface area contributed by atoms with Crippen molar-refractivity contribution >= 4 is 11.9 Å². The van der Waals surface area contributed by atoms with Gasteiger partial charge in [0.2, 0.25) is 0 Å². The van der Waals surface area contributed by atoms with Gasteiger partial charge in [0.1, 0.15) is 0 Å². The van der Waals surface area contributed by atoms with Gasteiger partial charge in [-0.2, -0.15) is 0 Å². The summed E-state index contributed by atoms with van der Waals surface area (Å²) in [5.41, 5.74) is -0.760. The predicted octanol–water partition coefficient (Wildman–Crippen LogP) is -1.65. The summed E-state index contributed by atoms with van der Waals surface area (Å²) in [6.07, 6.45) is -0.402. The van der Waals surface area contributed by atoms with Crippen LogP contribution in [0, 0.1) is 0 Å². The monoisotopic (exact) mass is 274 g/mol. The number of aryl methyl sites for hydroxylation is 1. The number of nitrogens with one attached hydrogen (secondary N) is 1. The number of hydrogen-bond donors (Lipinski definition) is 1. The number of carbonyl (C=O) groups excluding carboxylic acids is 2. The van der Waals surface area contributed by atoms with Gasteiger partial charge in [0.25, 0.3) is 5.56 Å². The lowest BCUT2D eigenvalue weighted by molar-refractivity contribution is -0.306. The van der Waals surface area contributed by atoms with Crippen LogP contribution in [0.1, 0.15) is 16.8 Å². The standard InChI is InChI=1S/C13H12N2O5/c16-9(17)6-7-15-12(18)10(13(19)20)11(14-15)8-4-2-1-3-5-8/h1-5,14H,6-7H2,(H,16,17)(H,19,20)/p-2. The molecule has 104 valence electrons. The van der Waals surface area contributed by atoms with Crippen molar-refractivity contribution in [2.45, 2.75) is 13.0 Å². The van der Waals surface area contributed by atoms with E-state index in [4.69, 9.17) is 0 Å². The number of benzene rings is 1. The van der Waals surface area contributed by atoms with Crippen molar-refractivity contribution in [1.29, 1.82) is 0 Å². The molecule has 0 saturated heterocycles. The Balaban J connectivity index is 2.51. The van der Waals surface area contributed by atoms with Crippen LogP contribution in [0.2, 0.25) is 0 Å². The second-order valence-electron chi connectivity index (χ2n) is 4.09. The highest BCUT2D eigenvalue weighted by atomic mass is 16.4. The van der Waals surface area contributed by atoms with Gasteiger partial charge < -0.3 is 19.8 Å². The molecule has 7 heteroatoms. The maximum atomic E-state index is 11.9. The Morgan fingerprint density at radius 1 is 1.15 bits per heavy atom. The number of H-pyrrole nitrogens is 1. The Morgan fingerprint density at radius 2 is 1.80 bits per heavy atom. The Labute approximate surface area is 113 Å². The molecular formula is C13H10N2O5-2. The lowest BCUT2D eigenvalue weighted by Crippen LogP contribution is -2.31. The number of rotatable bonds is 5. The molecule has 1 aromatic carbocycles. The van der Waals surface area contributed by atoms with Gasteiger partial charge in [0.05, 0.1) is 17.2 Å². The maximum Gasteiger partial charge on any atom is 0.276 e. The fraction of sp³-hybridized carbons (Fsp3) is 0.154. The number of aromatic amines is 1. The van der Waals surface area contributed by atoms with Crippen molar-refractivity contribution in [3.05, 3.63) is 46.2 Å². The lowest BCUT2D eigenvalue weighted by atomic mass is 10.1. The highest BCUT2D eigenvalue weighted by molar-refractivity contribution is 5.93. The van der Waals surface area contributed by atoms with Crippen molar-refractivity contribution < 1.29 is 19.8 Å². The summed E-state index contributed by atoms with van der Waals surface area (Å²) in [4.78, 5) is 33.4. The molecule has 0 aliphatic rings. The number of hydrogen-bond acceptors (Lipinski definition) is 5. The second kappa shape index (κ2) is 5.43. The molecule has 0 unspecified atom stereocenters. The molecule has 0 bridgehead atoms. The largest absolute Gasteiger partial charge is 0.550 e. The molecule has 0 aliphatic carbocycles. The van der Waals surface area contributed by atoms with Gasteiger partial charge in [0.15, 0.2) is 0 Å². The zero-order valence-corrected chi connectivity index (χ0v) is 10.3. The molecule has 0 amide bonds. The molecule has 1 N–H and O–H groups in total. The summed E-state index contributed by atoms with van der Waals surface area (Å²) in [6.45, 7) is -0.200. The molecule has 0 aliphatic heterocycles. The van der Waals surface area contributed by atoms with Crippen molar-refractivity contribution in [1.82, 2.24) is 9.78 Å². The van der Waals surface area contributed by atoms with Crippen molar-refractivity contribution in [3.8, 4) is 11.3 Å². The first-order valence-corrected chi connectivity index (χ1v) is 5.80. The summed E-state index contributed by atoms with van der Waals surface area (Å²) in [6, 6.07) is 8.37. The molecule has 2 aromatic rings. The number of aromatic nitrogens is 2. The first-order valence-electron chi connectivity index (χ1n) is 5.80. The van der Waals surface area contributed by atoms with Crippen LogP contribution in [-0.4, -0.2) is 21.7 Å². The van der Waals surface area contributed by atoms with E-state index in [9.17, 15) is 24.6 Å². The van der Waals surface area contributed by atoms with Crippen molar-refractivity contribution in [3.63, 3.8) is 0 Å². The lowest BCUT2D eigenvalue weighted by Gasteiger charge is -2.03. The van der Waals surface area contributed by atoms with E-state index < -0.39 is 29.5 Å². The van der Waals surface area contributed by atoms with Gasteiger partial charge in [0, 0.05) is 24.5 Å². The number of carboxylic acids is 2. The van der Waals surface area contributed by atoms with Gasteiger partial charge in [-0.25, -0.2) is 0 Å². The van der Waals surface area contributed by atoms with Crippen LogP contribution >= 0.6 is 0 Å². The van der Waals surface area contributed by atoms with E-state index in [1.807, 2.05) is 0 Å². The van der Waals surface area contributed by atoms with Crippen molar-refractivity contribution in [2.75, 3.05) is 0 Å². The Bertz CT molecular complexity index is 699. The second-order valence-corrected chi connectivity index (χ2v) is 4.09. The fourth-order valence-electron chi connectivity index (χ4n) is 1.85. The minimum atomic E-state index is -1.61. The molecule has 0 radical (unpaired) electrons. The van der Waals surface area contributed by atoms with Gasteiger partial charge in [-0.15, -0.1) is 0 Å². The van der Waals surface area contributed by atoms with Crippen LogP contribution in [0.4, 0.5) is 0 Å². The Kier molecular flexibility index (Phi) is 3.69. The maximum absolute atomic E-state index is 11.9. The van der Waals surface area contributed by atoms with Crippen LogP contribution < -0.4 is 15.8 Å². The molecule has 2 rings (SSSR count). The third-order valence-electron chi connectivity index (χ3n) is 2.76. The van der Waals surface area contributed by atoms with E-state index in [0.717, 1.165) is 4.68 Å². The average Bonchev–Trinajstić information content (AvgIpc) is 2.74. The quantitative estimate of drug-likeness (QED) is 0.700. The minimum Gasteiger partial charge on any atom is -0.550 e. The van der Waals surface area contributed by atoms with Crippen LogP contribution in [0.3, 0.4) is 0 Å². The first kappa shape index (κ1) is 13.6. The van der Waals surface area contributed by atoms with E-state index in [2.05, 4.69) is 5.10 Å². The molecular weight excluding hydrogens is 264 g/mol. The SMILES string of the molecule is O=C([O-])CCn1[nH]c(-c2ccccc2)c(C(=O)[O-])c1=O. The predicted molar refractivity (Wildman–Crippen MR) is 64.4 cm³/mol. The molecule has 20 heavy (non-hydrogen) atoms. The van der Waals surface area contributed by atoms with Gasteiger partial charge in [-0.05, 0) is 0 Å². The Morgan fingerprint density at radius 3 is 2.35 bits per heavy atom. The van der Waals surface area contributed by atoms with E-state index in [0.29, 0.717) is 5.56 Å². The van der Waals surface area contributed by atoms with E-state index in [-0.39, 0.29) is 12.2 Å². The summed E-state index contributed by atoms with van der Waals surface area (Å²) in [7, 11) is 0. The molecule has 7 nitrogen and oxygen atoms in total. The molecule has 0 atom stereocenters. The normalized spacial score (nSPS) is 10.4. The number of carboxylic acid groups (broad SMARTS) is 2. The van der Waals surface area contributed by atoms with Crippen LogP contribution in [0.15, 0.2) is 35.1 Å². The highest BCUT2D eigenvalue weighted by Crippen LogP contribution is 2.18. The number of nitrogens with zero attached hydrogens (tertiary/aromatic N) is 1.